The molecule has 2 unspecified atom stereocenters. The predicted octanol–water partition coefficient (Wildman–Crippen LogP) is -1.97. The Morgan fingerprint density at radius 1 is 0.981 bits per heavy atom. The van der Waals surface area contributed by atoms with E-state index < -0.39 is 9.07 Å². The molecule has 0 radical (unpaired) electrons. The Bertz CT molecular complexity index is 1380. The van der Waals surface area contributed by atoms with Crippen molar-refractivity contribution in [3.63, 3.8) is 0 Å². The summed E-state index contributed by atoms with van der Waals surface area (Å²) >= 11 is 17.6. The molecule has 0 bridgehead atoms. The number of nitrogens with two attached hydrogens (primary N) is 3. The number of anilines is 3. The number of thiol groups is 2. The zero-order chi connectivity index (χ0) is 40.0. The molecule has 0 aliphatic carbocycles. The fourth-order valence-corrected chi connectivity index (χ4v) is 6.11. The summed E-state index contributed by atoms with van der Waals surface area (Å²) in [5.41, 5.74) is 16.0. The van der Waals surface area contributed by atoms with Crippen LogP contribution in [0.2, 0.25) is 0 Å². The molecule has 8 N–H and O–H groups in total. The van der Waals surface area contributed by atoms with E-state index in [9.17, 15) is 9.59 Å². The smallest absolute Gasteiger partial charge is 1.00 e. The van der Waals surface area contributed by atoms with Gasteiger partial charge in [0.05, 0.1) is 47.2 Å². The summed E-state index contributed by atoms with van der Waals surface area (Å²) < 4.78 is 10.3. The van der Waals surface area contributed by atoms with Gasteiger partial charge < -0.3 is 48.5 Å². The van der Waals surface area contributed by atoms with Crippen molar-refractivity contribution in [2.24, 2.45) is 0 Å². The number of ether oxygens (including phenoxy) is 2. The number of nitriles is 1. The fraction of sp³-hybridized carbons (Fsp3) is 0.519. The predicted molar refractivity (Wildman–Crippen MR) is 215 cm³/mol. The molecule has 0 spiro atoms. The first-order valence-corrected chi connectivity index (χ1v) is 19.9. The van der Waals surface area contributed by atoms with Gasteiger partial charge in [-0.3, -0.25) is 14.4 Å². The van der Waals surface area contributed by atoms with Gasteiger partial charge in [-0.15, -0.1) is 11.3 Å². The first kappa shape index (κ1) is 63.4. The van der Waals surface area contributed by atoms with Gasteiger partial charge in [0.1, 0.15) is 14.5 Å². The molecule has 3 rings (SSSR count). The Labute approximate surface area is 436 Å². The number of nitrogens with zero attached hydrogens (tertiary/aromatic N) is 4. The third kappa shape index (κ3) is 37.3. The molecule has 0 aliphatic rings. The second-order valence-corrected chi connectivity index (χ2v) is 18.7. The van der Waals surface area contributed by atoms with E-state index in [4.69, 9.17) is 52.2 Å². The van der Waals surface area contributed by atoms with Crippen molar-refractivity contribution in [2.75, 3.05) is 43.6 Å². The average Bonchev–Trinajstić information content (AvgIpc) is 3.84. The van der Waals surface area contributed by atoms with Crippen molar-refractivity contribution < 1.29 is 148 Å². The van der Waals surface area contributed by atoms with Crippen LogP contribution in [0, 0.1) is 10.7 Å². The summed E-state index contributed by atoms with van der Waals surface area (Å²) in [6.07, 6.45) is 4.94. The molecule has 0 aromatic carbocycles. The van der Waals surface area contributed by atoms with Crippen LogP contribution < -0.4 is 125 Å². The number of aliphatic hydroxyl groups is 2. The number of thiocyanates is 1. The van der Waals surface area contributed by atoms with E-state index in [2.05, 4.69) is 61.0 Å². The van der Waals surface area contributed by atoms with E-state index in [1.165, 1.54) is 45.8 Å². The number of halogens is 1. The topological polar surface area (TPSA) is 283 Å². The number of aliphatic hydroxyl groups excluding tert-OH is 2. The molecule has 16 nitrogen and oxygen atoms in total. The monoisotopic (exact) mass is 991 g/mol. The third-order valence-electron chi connectivity index (χ3n) is 4.34. The van der Waals surface area contributed by atoms with Crippen molar-refractivity contribution in [1.82, 2.24) is 15.0 Å². The molecule has 0 saturated carbocycles. The number of nitrogen functional groups attached to an aromatic ring is 3. The van der Waals surface area contributed by atoms with Crippen molar-refractivity contribution in [1.29, 1.82) is 5.26 Å². The zero-order valence-corrected chi connectivity index (χ0v) is 44.2. The van der Waals surface area contributed by atoms with Crippen molar-refractivity contribution in [3.05, 3.63) is 24.0 Å². The van der Waals surface area contributed by atoms with Crippen LogP contribution in [0.4, 0.5) is 15.4 Å². The number of thiazole rings is 3. The second kappa shape index (κ2) is 38.7. The Balaban J connectivity index is -0.000000132. The first-order valence-electron chi connectivity index (χ1n) is 14.0. The first-order chi connectivity index (χ1) is 23.8. The minimum atomic E-state index is -0.602. The minimum absolute atomic E-state index is 0. The van der Waals surface area contributed by atoms with Crippen molar-refractivity contribution >= 4 is 133 Å². The Kier molecular flexibility index (Phi) is 46.3. The molecular weight excluding hydrogens is 949 g/mol. The number of alkyl halides is 1. The maximum Gasteiger partial charge on any atom is 1.00 e. The quantitative estimate of drug-likeness (QED) is 0.0126. The molecule has 0 aliphatic heterocycles. The largest absolute Gasteiger partial charge is 1.00 e. The molecule has 3 aromatic rings. The van der Waals surface area contributed by atoms with E-state index >= 15 is 0 Å². The number of rotatable bonds is 11. The third-order valence-corrected chi connectivity index (χ3v) is 10.2. The summed E-state index contributed by atoms with van der Waals surface area (Å²) in [6.45, 7) is 11.3. The SMILES string of the molecule is CCOC(=O)C(C)(C)Br.CCOC(=O)C(C)(C)Sc1cnc(N)s1.N#CSc1cnc(N)s1.Nc1nccs1.O=CO[O-].OCC(S)C(S)CO.[H-].[K+].[K+]. The van der Waals surface area contributed by atoms with Gasteiger partial charge in [-0.05, 0) is 41.5 Å². The van der Waals surface area contributed by atoms with E-state index in [0.717, 1.165) is 20.2 Å². The van der Waals surface area contributed by atoms with Crippen LogP contribution in [0.3, 0.4) is 0 Å². The van der Waals surface area contributed by atoms with Gasteiger partial charge in [-0.25, -0.2) is 15.0 Å². The molecule has 3 heterocycles. The molecule has 53 heavy (non-hydrogen) atoms. The van der Waals surface area contributed by atoms with Crippen LogP contribution in [-0.4, -0.2) is 89.6 Å². The minimum Gasteiger partial charge on any atom is -1.00 e. The zero-order valence-electron chi connectivity index (χ0n) is 31.5. The normalized spacial score (nSPS) is 10.7. The summed E-state index contributed by atoms with van der Waals surface area (Å²) in [5, 5.41) is 38.4. The Morgan fingerprint density at radius 3 is 1.66 bits per heavy atom. The summed E-state index contributed by atoms with van der Waals surface area (Å²) in [6, 6.07) is 0. The number of hydrogen-bond acceptors (Lipinski definition) is 23. The van der Waals surface area contributed by atoms with Crippen LogP contribution in [0.5, 0.6) is 0 Å². The van der Waals surface area contributed by atoms with E-state index in [1.54, 1.807) is 46.3 Å². The van der Waals surface area contributed by atoms with Gasteiger partial charge in [-0.2, -0.15) is 30.5 Å². The van der Waals surface area contributed by atoms with E-state index in [0.29, 0.717) is 28.6 Å². The van der Waals surface area contributed by atoms with E-state index in [-0.39, 0.29) is 146 Å². The molecule has 0 saturated heterocycles. The van der Waals surface area contributed by atoms with Gasteiger partial charge >= 0.3 is 115 Å². The van der Waals surface area contributed by atoms with Crippen molar-refractivity contribution in [3.8, 4) is 5.40 Å². The van der Waals surface area contributed by atoms with E-state index in [1.807, 2.05) is 24.6 Å². The van der Waals surface area contributed by atoms with Gasteiger partial charge in [0.25, 0.3) is 6.47 Å². The number of aromatic nitrogens is 3. The molecule has 26 heteroatoms. The van der Waals surface area contributed by atoms with Crippen LogP contribution >= 0.6 is 98.7 Å². The molecule has 292 valence electrons. The summed E-state index contributed by atoms with van der Waals surface area (Å²) in [5.74, 6) is -0.438. The Morgan fingerprint density at radius 2 is 1.42 bits per heavy atom. The van der Waals surface area contributed by atoms with Gasteiger partial charge in [-0.1, -0.05) is 50.4 Å². The molecule has 0 amide bonds. The molecule has 0 fully saturated rings. The standard InChI is InChI=1S/C9H14N2O2S2.C6H11BrO2.C4H3N3S2.C4H10O2S2.C3H4N2S.CH2O3.2K.H/c1-4-13-7(12)9(2,3)15-6-5-11-8(10)14-6;1-4-9-5(8)6(2,3)7;5-2-8-3-1-7-4(6)9-3;5-1-3(7)4(8)2-6;4-3-5-1-2-6-3;2-1-4-3;;;/h5H,4H2,1-3H3,(H2,10,11);4H2,1-3H3;1H,(H2,6,7);3-8H,1-2H2;1-2H,(H2,4,5);1,3H;;;/q;;;;;;2*+1;-1/p-1. The molecular formula is C27H44BrK2N7O9S7. The van der Waals surface area contributed by atoms with Crippen LogP contribution in [0.25, 0.3) is 0 Å². The maximum atomic E-state index is 11.6. The number of hydrogen-bond donors (Lipinski definition) is 7. The van der Waals surface area contributed by atoms with Gasteiger partial charge in [0.15, 0.2) is 15.4 Å². The van der Waals surface area contributed by atoms with Crippen LogP contribution in [0.15, 0.2) is 32.4 Å². The summed E-state index contributed by atoms with van der Waals surface area (Å²) in [7, 11) is 0. The fourth-order valence-electron chi connectivity index (χ4n) is 2.06. The Hall–Kier alpha value is 1.22. The molecule has 3 aromatic heterocycles. The number of thioether (sulfide) groups is 2. The van der Waals surface area contributed by atoms with Gasteiger partial charge in [0, 0.05) is 33.8 Å². The summed E-state index contributed by atoms with van der Waals surface area (Å²) in [4.78, 5) is 45.0. The van der Waals surface area contributed by atoms with Crippen LogP contribution in [-0.2, 0) is 28.7 Å². The van der Waals surface area contributed by atoms with Crippen molar-refractivity contribution in [2.45, 2.75) is 69.5 Å². The average molecular weight is 993 g/mol. The van der Waals surface area contributed by atoms with Gasteiger partial charge in [0.2, 0.25) is 0 Å². The molecule has 2 atom stereocenters. The van der Waals surface area contributed by atoms with Crippen LogP contribution in [0.1, 0.15) is 43.0 Å². The second-order valence-electron chi connectivity index (χ2n) is 9.32. The number of carbonyl (C=O) groups excluding carboxylic acids is 3. The number of esters is 2. The maximum absolute atomic E-state index is 11.6. The number of carbonyl (C=O) groups is 3.